The number of carbonyl (C=O) groups excluding carboxylic acids is 1. The number of rotatable bonds is 9. The monoisotopic (exact) mass is 533 g/mol. The first-order chi connectivity index (χ1) is 16.8. The fourth-order valence-corrected chi connectivity index (χ4v) is 4.45. The molecular formula is C29H32BrN3O2. The van der Waals surface area contributed by atoms with Gasteiger partial charge in [0.25, 0.3) is 5.91 Å². The number of halogens is 1. The lowest BCUT2D eigenvalue weighted by Gasteiger charge is -2.19. The van der Waals surface area contributed by atoms with E-state index >= 15 is 0 Å². The number of imidazole rings is 1. The maximum absolute atomic E-state index is 12.5. The number of benzene rings is 3. The van der Waals surface area contributed by atoms with E-state index in [4.69, 9.17) is 9.72 Å². The first kappa shape index (κ1) is 25.0. The minimum absolute atomic E-state index is 0.0835. The standard InChI is InChI=1S/C29H32BrN3O2/c1-29(2,3)22-12-14-24(15-13-22)35-19-7-18-33-26-11-5-4-10-25(26)32-27(33)16-17-31-28(34)21-8-6-9-23(30)20-21/h4-6,8-15,20H,7,16-19H2,1-3H3,(H,31,34). The molecule has 0 bridgehead atoms. The lowest BCUT2D eigenvalue weighted by molar-refractivity contribution is 0.0954. The van der Waals surface area contributed by atoms with Crippen LogP contribution in [0.2, 0.25) is 0 Å². The van der Waals surface area contributed by atoms with E-state index in [1.54, 1.807) is 0 Å². The SMILES string of the molecule is CC(C)(C)c1ccc(OCCCn2c(CCNC(=O)c3cccc(Br)c3)nc3ccccc32)cc1. The van der Waals surface area contributed by atoms with Crippen molar-refractivity contribution in [1.82, 2.24) is 14.9 Å². The minimum atomic E-state index is -0.0835. The molecule has 6 heteroatoms. The van der Waals surface area contributed by atoms with Crippen LogP contribution in [-0.4, -0.2) is 28.6 Å². The number of fused-ring (bicyclic) bond motifs is 1. The molecule has 35 heavy (non-hydrogen) atoms. The molecule has 0 aliphatic carbocycles. The van der Waals surface area contributed by atoms with Crippen LogP contribution < -0.4 is 10.1 Å². The number of hydrogen-bond acceptors (Lipinski definition) is 3. The smallest absolute Gasteiger partial charge is 0.251 e. The zero-order valence-corrected chi connectivity index (χ0v) is 22.1. The second kappa shape index (κ2) is 11.1. The average molecular weight is 534 g/mol. The van der Waals surface area contributed by atoms with E-state index in [9.17, 15) is 4.79 Å². The van der Waals surface area contributed by atoms with Crippen molar-refractivity contribution in [3.63, 3.8) is 0 Å². The Bertz CT molecular complexity index is 1290. The summed E-state index contributed by atoms with van der Waals surface area (Å²) in [5.74, 6) is 1.78. The van der Waals surface area contributed by atoms with Gasteiger partial charge in [-0.25, -0.2) is 4.98 Å². The summed E-state index contributed by atoms with van der Waals surface area (Å²) >= 11 is 3.42. The number of ether oxygens (including phenoxy) is 1. The van der Waals surface area contributed by atoms with Crippen molar-refractivity contribution in [2.45, 2.75) is 45.6 Å². The van der Waals surface area contributed by atoms with E-state index in [-0.39, 0.29) is 11.3 Å². The number of nitrogens with zero attached hydrogens (tertiary/aromatic N) is 2. The van der Waals surface area contributed by atoms with Crippen molar-refractivity contribution in [3.8, 4) is 5.75 Å². The van der Waals surface area contributed by atoms with E-state index in [0.29, 0.717) is 25.1 Å². The summed E-state index contributed by atoms with van der Waals surface area (Å²) in [4.78, 5) is 17.3. The maximum atomic E-state index is 12.5. The summed E-state index contributed by atoms with van der Waals surface area (Å²) in [5, 5.41) is 3.01. The Hall–Kier alpha value is -3.12. The fourth-order valence-electron chi connectivity index (χ4n) is 4.05. The van der Waals surface area contributed by atoms with E-state index < -0.39 is 0 Å². The van der Waals surface area contributed by atoms with Gasteiger partial charge in [-0.05, 0) is 59.9 Å². The topological polar surface area (TPSA) is 56.1 Å². The largest absolute Gasteiger partial charge is 0.494 e. The van der Waals surface area contributed by atoms with E-state index in [0.717, 1.165) is 40.0 Å². The van der Waals surface area contributed by atoms with Crippen molar-refractivity contribution >= 4 is 32.9 Å². The molecule has 0 radical (unpaired) electrons. The van der Waals surface area contributed by atoms with Crippen LogP contribution in [0.1, 0.15) is 48.9 Å². The minimum Gasteiger partial charge on any atom is -0.494 e. The Morgan fingerprint density at radius 1 is 1.03 bits per heavy atom. The number of para-hydroxylation sites is 2. The highest BCUT2D eigenvalue weighted by atomic mass is 79.9. The van der Waals surface area contributed by atoms with Gasteiger partial charge in [-0.15, -0.1) is 0 Å². The van der Waals surface area contributed by atoms with Crippen molar-refractivity contribution in [3.05, 3.63) is 94.2 Å². The molecule has 0 aliphatic heterocycles. The number of amides is 1. The van der Waals surface area contributed by atoms with Gasteiger partial charge < -0.3 is 14.6 Å². The van der Waals surface area contributed by atoms with Gasteiger partial charge in [0.05, 0.1) is 17.6 Å². The Kier molecular flexibility index (Phi) is 7.91. The van der Waals surface area contributed by atoms with Crippen molar-refractivity contribution < 1.29 is 9.53 Å². The lowest BCUT2D eigenvalue weighted by Crippen LogP contribution is -2.26. The van der Waals surface area contributed by atoms with Crippen molar-refractivity contribution in [2.75, 3.05) is 13.2 Å². The van der Waals surface area contributed by atoms with Crippen LogP contribution >= 0.6 is 15.9 Å². The van der Waals surface area contributed by atoms with Gasteiger partial charge in [0.1, 0.15) is 11.6 Å². The maximum Gasteiger partial charge on any atom is 0.251 e. The van der Waals surface area contributed by atoms with Crippen LogP contribution in [0.4, 0.5) is 0 Å². The van der Waals surface area contributed by atoms with E-state index in [1.807, 2.05) is 54.6 Å². The second-order valence-corrected chi connectivity index (χ2v) is 10.6. The first-order valence-corrected chi connectivity index (χ1v) is 12.8. The van der Waals surface area contributed by atoms with Crippen LogP contribution in [-0.2, 0) is 18.4 Å². The van der Waals surface area contributed by atoms with Gasteiger partial charge in [0.15, 0.2) is 0 Å². The molecule has 1 amide bonds. The molecule has 1 heterocycles. The quantitative estimate of drug-likeness (QED) is 0.248. The number of carbonyl (C=O) groups is 1. The summed E-state index contributed by atoms with van der Waals surface area (Å²) in [5.41, 5.74) is 4.15. The Labute approximate surface area is 215 Å². The molecule has 0 spiro atoms. The number of aromatic nitrogens is 2. The van der Waals surface area contributed by atoms with Gasteiger partial charge in [0, 0.05) is 29.5 Å². The third-order valence-corrected chi connectivity index (χ3v) is 6.46. The van der Waals surface area contributed by atoms with E-state index in [1.165, 1.54) is 5.56 Å². The van der Waals surface area contributed by atoms with Gasteiger partial charge in [0.2, 0.25) is 0 Å². The highest BCUT2D eigenvalue weighted by Gasteiger charge is 2.14. The molecule has 0 fully saturated rings. The molecule has 0 aliphatic rings. The summed E-state index contributed by atoms with van der Waals surface area (Å²) in [6, 6.07) is 23.9. The summed E-state index contributed by atoms with van der Waals surface area (Å²) in [6.45, 7) is 8.58. The zero-order chi connectivity index (χ0) is 24.8. The predicted molar refractivity (Wildman–Crippen MR) is 145 cm³/mol. The second-order valence-electron chi connectivity index (χ2n) is 9.66. The summed E-state index contributed by atoms with van der Waals surface area (Å²) < 4.78 is 9.13. The van der Waals surface area contributed by atoms with Gasteiger partial charge in [-0.3, -0.25) is 4.79 Å². The van der Waals surface area contributed by atoms with Crippen LogP contribution in [0.3, 0.4) is 0 Å². The molecule has 1 N–H and O–H groups in total. The first-order valence-electron chi connectivity index (χ1n) is 12.0. The van der Waals surface area contributed by atoms with Crippen molar-refractivity contribution in [2.24, 2.45) is 0 Å². The average Bonchev–Trinajstić information content (AvgIpc) is 3.19. The van der Waals surface area contributed by atoms with Crippen LogP contribution in [0.25, 0.3) is 11.0 Å². The van der Waals surface area contributed by atoms with Crippen LogP contribution in [0.15, 0.2) is 77.3 Å². The molecule has 1 aromatic heterocycles. The number of nitrogens with one attached hydrogen (secondary N) is 1. The van der Waals surface area contributed by atoms with Gasteiger partial charge in [-0.1, -0.05) is 67.0 Å². The molecular weight excluding hydrogens is 502 g/mol. The number of hydrogen-bond donors (Lipinski definition) is 1. The highest BCUT2D eigenvalue weighted by molar-refractivity contribution is 9.10. The highest BCUT2D eigenvalue weighted by Crippen LogP contribution is 2.24. The Morgan fingerprint density at radius 2 is 1.80 bits per heavy atom. The fraction of sp³-hybridized carbons (Fsp3) is 0.310. The molecule has 5 nitrogen and oxygen atoms in total. The molecule has 0 saturated carbocycles. The molecule has 3 aromatic carbocycles. The third-order valence-electron chi connectivity index (χ3n) is 5.97. The van der Waals surface area contributed by atoms with Crippen molar-refractivity contribution in [1.29, 1.82) is 0 Å². The van der Waals surface area contributed by atoms with E-state index in [2.05, 4.69) is 64.8 Å². The summed E-state index contributed by atoms with van der Waals surface area (Å²) in [7, 11) is 0. The Balaban J connectivity index is 1.35. The third kappa shape index (κ3) is 6.51. The molecule has 4 aromatic rings. The van der Waals surface area contributed by atoms with Gasteiger partial charge >= 0.3 is 0 Å². The number of aryl methyl sites for hydroxylation is 1. The molecule has 0 saturated heterocycles. The Morgan fingerprint density at radius 3 is 2.54 bits per heavy atom. The van der Waals surface area contributed by atoms with Gasteiger partial charge in [-0.2, -0.15) is 0 Å². The summed E-state index contributed by atoms with van der Waals surface area (Å²) in [6.07, 6.45) is 1.52. The van der Waals surface area contributed by atoms with Crippen LogP contribution in [0.5, 0.6) is 5.75 Å². The molecule has 182 valence electrons. The van der Waals surface area contributed by atoms with Crippen LogP contribution in [0, 0.1) is 0 Å². The zero-order valence-electron chi connectivity index (χ0n) is 20.6. The molecule has 0 atom stereocenters. The predicted octanol–water partition coefficient (Wildman–Crippen LogP) is 6.54. The normalized spacial score (nSPS) is 11.5. The molecule has 4 rings (SSSR count). The molecule has 0 unspecified atom stereocenters. The lowest BCUT2D eigenvalue weighted by atomic mass is 9.87.